The van der Waals surface area contributed by atoms with Crippen molar-refractivity contribution in [1.82, 2.24) is 15.2 Å². The number of nitriles is 1. The molecule has 0 radical (unpaired) electrons. The predicted octanol–water partition coefficient (Wildman–Crippen LogP) is 3.57. The number of oxazole rings is 1. The molecule has 1 saturated heterocycles. The molecular weight excluding hydrogens is 462 g/mol. The van der Waals surface area contributed by atoms with Crippen LogP contribution in [0.4, 0.5) is 5.88 Å². The normalized spacial score (nSPS) is 15.5. The quantitative estimate of drug-likeness (QED) is 0.571. The summed E-state index contributed by atoms with van der Waals surface area (Å²) >= 11 is 3.42. The van der Waals surface area contributed by atoms with Crippen LogP contribution in [0, 0.1) is 11.3 Å². The van der Waals surface area contributed by atoms with Crippen molar-refractivity contribution in [3.63, 3.8) is 0 Å². The van der Waals surface area contributed by atoms with Crippen molar-refractivity contribution in [2.75, 3.05) is 37.6 Å². The number of benzene rings is 1. The number of carbonyl (C=O) groups is 1. The van der Waals surface area contributed by atoms with E-state index in [-0.39, 0.29) is 17.6 Å². The Hall–Kier alpha value is -3.09. The first-order valence-corrected chi connectivity index (χ1v) is 10.8. The van der Waals surface area contributed by atoms with Gasteiger partial charge in [-0.2, -0.15) is 10.2 Å². The molecule has 0 aliphatic carbocycles. The molecule has 0 spiro atoms. The average Bonchev–Trinajstić information content (AvgIpc) is 3.44. The lowest BCUT2D eigenvalue weighted by Crippen LogP contribution is -2.49. The predicted molar refractivity (Wildman–Crippen MR) is 118 cm³/mol. The molecule has 9 heteroatoms. The minimum Gasteiger partial charge on any atom is -0.459 e. The molecule has 2 aromatic heterocycles. The van der Waals surface area contributed by atoms with Gasteiger partial charge in [0.05, 0.1) is 18.8 Å². The van der Waals surface area contributed by atoms with E-state index in [9.17, 15) is 10.1 Å². The third-order valence-corrected chi connectivity index (χ3v) is 5.75. The summed E-state index contributed by atoms with van der Waals surface area (Å²) < 4.78 is 12.1. The lowest BCUT2D eigenvalue weighted by Gasteiger charge is -2.34. The Morgan fingerprint density at radius 3 is 2.65 bits per heavy atom. The molecule has 1 aliphatic rings. The van der Waals surface area contributed by atoms with E-state index in [4.69, 9.17) is 8.83 Å². The van der Waals surface area contributed by atoms with Crippen molar-refractivity contribution in [3.05, 3.63) is 58.4 Å². The fourth-order valence-electron chi connectivity index (χ4n) is 3.54. The van der Waals surface area contributed by atoms with Gasteiger partial charge in [-0.1, -0.05) is 28.1 Å². The van der Waals surface area contributed by atoms with Gasteiger partial charge in [0, 0.05) is 30.7 Å². The fraction of sp³-hybridized carbons (Fsp3) is 0.318. The number of carbonyl (C=O) groups excluding carboxylic acids is 1. The van der Waals surface area contributed by atoms with E-state index < -0.39 is 0 Å². The van der Waals surface area contributed by atoms with Gasteiger partial charge in [0.1, 0.15) is 6.07 Å². The topological polar surface area (TPSA) is 98.5 Å². The maximum absolute atomic E-state index is 12.5. The first-order chi connectivity index (χ1) is 15.0. The van der Waals surface area contributed by atoms with Crippen LogP contribution in [0.5, 0.6) is 0 Å². The molecule has 31 heavy (non-hydrogen) atoms. The molecular formula is C22H22BrN5O3. The second-order valence-corrected chi connectivity index (χ2v) is 8.28. The molecule has 1 aliphatic heterocycles. The number of amides is 1. The second kappa shape index (κ2) is 9.37. The average molecular weight is 484 g/mol. The Morgan fingerprint density at radius 2 is 2.00 bits per heavy atom. The van der Waals surface area contributed by atoms with Crippen LogP contribution in [-0.4, -0.2) is 48.5 Å². The zero-order valence-corrected chi connectivity index (χ0v) is 18.6. The minimum absolute atomic E-state index is 0.0126. The second-order valence-electron chi connectivity index (χ2n) is 7.37. The van der Waals surface area contributed by atoms with Gasteiger partial charge in [-0.05, 0) is 36.8 Å². The number of rotatable bonds is 6. The smallest absolute Gasteiger partial charge is 0.266 e. The van der Waals surface area contributed by atoms with Crippen LogP contribution in [0.3, 0.4) is 0 Å². The maximum atomic E-state index is 12.5. The molecule has 1 amide bonds. The summed E-state index contributed by atoms with van der Waals surface area (Å²) in [5.74, 6) is 1.21. The van der Waals surface area contributed by atoms with Gasteiger partial charge in [0.2, 0.25) is 17.5 Å². The van der Waals surface area contributed by atoms with Gasteiger partial charge in [-0.3, -0.25) is 9.69 Å². The number of furan rings is 1. The molecule has 8 nitrogen and oxygen atoms in total. The SMILES string of the molecule is CC(NC(=O)CN1CCN(c2oc(-c3ccco3)nc2C#N)CC1)c1ccc(Br)cc1. The maximum Gasteiger partial charge on any atom is 0.266 e. The highest BCUT2D eigenvalue weighted by Gasteiger charge is 2.26. The lowest BCUT2D eigenvalue weighted by molar-refractivity contribution is -0.123. The zero-order valence-electron chi connectivity index (χ0n) is 17.0. The van der Waals surface area contributed by atoms with Crippen molar-refractivity contribution in [2.45, 2.75) is 13.0 Å². The number of hydrogen-bond donors (Lipinski definition) is 1. The number of hydrogen-bond acceptors (Lipinski definition) is 7. The van der Waals surface area contributed by atoms with Crippen molar-refractivity contribution in [3.8, 4) is 17.7 Å². The summed E-state index contributed by atoms with van der Waals surface area (Å²) in [5, 5.41) is 12.5. The Balaban J connectivity index is 1.31. The Bertz CT molecular complexity index is 1060. The molecule has 0 bridgehead atoms. The highest BCUT2D eigenvalue weighted by Crippen LogP contribution is 2.29. The molecule has 1 aromatic carbocycles. The summed E-state index contributed by atoms with van der Waals surface area (Å²) in [6, 6.07) is 13.4. The van der Waals surface area contributed by atoms with E-state index in [1.807, 2.05) is 36.1 Å². The summed E-state index contributed by atoms with van der Waals surface area (Å²) in [4.78, 5) is 20.8. The zero-order chi connectivity index (χ0) is 21.8. The molecule has 3 aromatic rings. The van der Waals surface area contributed by atoms with Gasteiger partial charge in [-0.15, -0.1) is 0 Å². The lowest BCUT2D eigenvalue weighted by atomic mass is 10.1. The van der Waals surface area contributed by atoms with Crippen LogP contribution < -0.4 is 10.2 Å². The number of nitrogens with one attached hydrogen (secondary N) is 1. The largest absolute Gasteiger partial charge is 0.459 e. The third-order valence-electron chi connectivity index (χ3n) is 5.22. The van der Waals surface area contributed by atoms with Gasteiger partial charge in [0.15, 0.2) is 5.76 Å². The Labute approximate surface area is 188 Å². The summed E-state index contributed by atoms with van der Waals surface area (Å²) in [5.41, 5.74) is 1.30. The molecule has 1 N–H and O–H groups in total. The van der Waals surface area contributed by atoms with E-state index in [2.05, 4.69) is 37.2 Å². The number of nitrogens with zero attached hydrogens (tertiary/aromatic N) is 4. The Kier molecular flexibility index (Phi) is 6.39. The molecule has 1 atom stereocenters. The van der Waals surface area contributed by atoms with Gasteiger partial charge in [-0.25, -0.2) is 0 Å². The van der Waals surface area contributed by atoms with Crippen molar-refractivity contribution in [1.29, 1.82) is 5.26 Å². The van der Waals surface area contributed by atoms with E-state index >= 15 is 0 Å². The first kappa shape index (κ1) is 21.2. The van der Waals surface area contributed by atoms with Crippen LogP contribution in [0.2, 0.25) is 0 Å². The van der Waals surface area contributed by atoms with Crippen LogP contribution in [0.15, 0.2) is 56.0 Å². The van der Waals surface area contributed by atoms with E-state index in [1.54, 1.807) is 12.1 Å². The minimum atomic E-state index is -0.0608. The monoisotopic (exact) mass is 483 g/mol. The van der Waals surface area contributed by atoms with E-state index in [0.717, 1.165) is 10.0 Å². The van der Waals surface area contributed by atoms with Crippen molar-refractivity contribution in [2.24, 2.45) is 0 Å². The molecule has 4 rings (SSSR count). The van der Waals surface area contributed by atoms with Gasteiger partial charge in [0.25, 0.3) is 5.89 Å². The van der Waals surface area contributed by atoms with Gasteiger partial charge < -0.3 is 19.1 Å². The van der Waals surface area contributed by atoms with Crippen molar-refractivity contribution < 1.29 is 13.6 Å². The molecule has 0 saturated carbocycles. The number of piperazine rings is 1. The van der Waals surface area contributed by atoms with Crippen LogP contribution in [-0.2, 0) is 4.79 Å². The van der Waals surface area contributed by atoms with Crippen LogP contribution >= 0.6 is 15.9 Å². The number of halogens is 1. The van der Waals surface area contributed by atoms with Crippen LogP contribution in [0.1, 0.15) is 24.2 Å². The molecule has 1 unspecified atom stereocenters. The summed E-state index contributed by atoms with van der Waals surface area (Å²) in [6.45, 7) is 4.94. The van der Waals surface area contributed by atoms with Gasteiger partial charge >= 0.3 is 0 Å². The Morgan fingerprint density at radius 1 is 1.26 bits per heavy atom. The van der Waals surface area contributed by atoms with E-state index in [1.165, 1.54) is 6.26 Å². The standard InChI is InChI=1S/C22H22BrN5O3/c1-15(16-4-6-17(23)7-5-16)25-20(29)14-27-8-10-28(11-9-27)22-18(13-24)26-21(31-22)19-3-2-12-30-19/h2-7,12,15H,8-11,14H2,1H3,(H,25,29). The van der Waals surface area contributed by atoms with Crippen LogP contribution in [0.25, 0.3) is 11.7 Å². The number of anilines is 1. The van der Waals surface area contributed by atoms with E-state index in [0.29, 0.717) is 50.3 Å². The number of aromatic nitrogens is 1. The molecule has 1 fully saturated rings. The first-order valence-electron chi connectivity index (χ1n) is 10.0. The highest BCUT2D eigenvalue weighted by molar-refractivity contribution is 9.10. The highest BCUT2D eigenvalue weighted by atomic mass is 79.9. The molecule has 3 heterocycles. The summed E-state index contributed by atoms with van der Waals surface area (Å²) in [6.07, 6.45) is 1.53. The molecule has 160 valence electrons. The summed E-state index contributed by atoms with van der Waals surface area (Å²) in [7, 11) is 0. The third kappa shape index (κ3) is 4.98. The van der Waals surface area contributed by atoms with Crippen molar-refractivity contribution >= 4 is 27.7 Å². The fourth-order valence-corrected chi connectivity index (χ4v) is 3.80.